The highest BCUT2D eigenvalue weighted by molar-refractivity contribution is 6.05. The molecule has 0 unspecified atom stereocenters. The van der Waals surface area contributed by atoms with Crippen molar-refractivity contribution in [2.24, 2.45) is 17.3 Å². The van der Waals surface area contributed by atoms with Gasteiger partial charge in [0.15, 0.2) is 5.41 Å². The van der Waals surface area contributed by atoms with Crippen molar-refractivity contribution in [2.45, 2.75) is 6.92 Å². The van der Waals surface area contributed by atoms with Crippen LogP contribution in [0.5, 0.6) is 0 Å². The summed E-state index contributed by atoms with van der Waals surface area (Å²) in [6.45, 7) is 1.86. The molecule has 1 aromatic carbocycles. The van der Waals surface area contributed by atoms with Gasteiger partial charge in [0.1, 0.15) is 0 Å². The summed E-state index contributed by atoms with van der Waals surface area (Å²) in [5.41, 5.74) is -0.162. The lowest BCUT2D eigenvalue weighted by molar-refractivity contribution is -0.162. The molecule has 1 saturated carbocycles. The highest BCUT2D eigenvalue weighted by atomic mass is 16.5. The predicted molar refractivity (Wildman–Crippen MR) is 74.6 cm³/mol. The Labute approximate surface area is 118 Å². The van der Waals surface area contributed by atoms with Gasteiger partial charge in [-0.05, 0) is 11.5 Å². The van der Waals surface area contributed by atoms with Crippen molar-refractivity contribution in [1.82, 2.24) is 0 Å². The minimum atomic E-state index is -1.19. The molecule has 4 nitrogen and oxygen atoms in total. The van der Waals surface area contributed by atoms with E-state index in [1.807, 2.05) is 49.4 Å². The summed E-state index contributed by atoms with van der Waals surface area (Å²) in [5.74, 6) is -1.37. The van der Waals surface area contributed by atoms with Crippen LogP contribution in [0.3, 0.4) is 0 Å². The van der Waals surface area contributed by atoms with Crippen LogP contribution < -0.4 is 0 Å². The third-order valence-electron chi connectivity index (χ3n) is 4.02. The molecule has 0 aliphatic heterocycles. The molecule has 1 fully saturated rings. The van der Waals surface area contributed by atoms with Gasteiger partial charge in [-0.15, -0.1) is 0 Å². The van der Waals surface area contributed by atoms with Crippen LogP contribution in [0.25, 0.3) is 6.08 Å². The number of rotatable bonds is 4. The summed E-state index contributed by atoms with van der Waals surface area (Å²) in [7, 11) is 2.58. The Bertz CT molecular complexity index is 517. The van der Waals surface area contributed by atoms with Gasteiger partial charge in [-0.2, -0.15) is 0 Å². The molecular weight excluding hydrogens is 256 g/mol. The Morgan fingerprint density at radius 3 is 2.15 bits per heavy atom. The number of ether oxygens (including phenoxy) is 2. The molecule has 1 aliphatic carbocycles. The van der Waals surface area contributed by atoms with Gasteiger partial charge < -0.3 is 9.47 Å². The zero-order valence-electron chi connectivity index (χ0n) is 11.8. The zero-order valence-corrected chi connectivity index (χ0v) is 11.8. The second kappa shape index (κ2) is 5.49. The minimum absolute atomic E-state index is 0.123. The SMILES string of the molecule is COC(=O)C1(C(=O)OC)[C@H](/C=C/c2ccccc2)[C@@H]1C. The molecule has 1 aromatic rings. The summed E-state index contributed by atoms with van der Waals surface area (Å²) in [6.07, 6.45) is 3.79. The number of esters is 2. The Hall–Kier alpha value is -2.10. The van der Waals surface area contributed by atoms with E-state index in [9.17, 15) is 9.59 Å². The Morgan fingerprint density at radius 2 is 1.65 bits per heavy atom. The van der Waals surface area contributed by atoms with Crippen LogP contribution in [-0.4, -0.2) is 26.2 Å². The fourth-order valence-electron chi connectivity index (χ4n) is 2.76. The lowest BCUT2D eigenvalue weighted by atomic mass is 10.0. The molecule has 1 aliphatic rings. The normalized spacial score (nSPS) is 23.4. The maximum atomic E-state index is 12.0. The molecule has 0 saturated heterocycles. The van der Waals surface area contributed by atoms with Gasteiger partial charge in [-0.3, -0.25) is 9.59 Å². The van der Waals surface area contributed by atoms with Crippen molar-refractivity contribution in [3.8, 4) is 0 Å². The summed E-state index contributed by atoms with van der Waals surface area (Å²) >= 11 is 0. The topological polar surface area (TPSA) is 52.6 Å². The number of carbonyl (C=O) groups excluding carboxylic acids is 2. The predicted octanol–water partition coefficient (Wildman–Crippen LogP) is 2.30. The molecular formula is C16H18O4. The number of hydrogen-bond donors (Lipinski definition) is 0. The first-order chi connectivity index (χ1) is 9.58. The van der Waals surface area contributed by atoms with Crippen LogP contribution in [0, 0.1) is 17.3 Å². The van der Waals surface area contributed by atoms with Crippen LogP contribution in [0.4, 0.5) is 0 Å². The molecule has 0 aromatic heterocycles. The maximum absolute atomic E-state index is 12.0. The Balaban J connectivity index is 2.23. The van der Waals surface area contributed by atoms with E-state index in [1.54, 1.807) is 0 Å². The minimum Gasteiger partial charge on any atom is -0.468 e. The maximum Gasteiger partial charge on any atom is 0.324 e. The van der Waals surface area contributed by atoms with Gasteiger partial charge >= 0.3 is 11.9 Å². The average molecular weight is 274 g/mol. The van der Waals surface area contributed by atoms with Crippen molar-refractivity contribution < 1.29 is 19.1 Å². The van der Waals surface area contributed by atoms with Crippen LogP contribution in [0.2, 0.25) is 0 Å². The first-order valence-corrected chi connectivity index (χ1v) is 6.49. The average Bonchev–Trinajstić information content (AvgIpc) is 3.10. The molecule has 0 bridgehead atoms. The van der Waals surface area contributed by atoms with Gasteiger partial charge in [0, 0.05) is 5.92 Å². The smallest absolute Gasteiger partial charge is 0.324 e. The third kappa shape index (κ3) is 2.11. The van der Waals surface area contributed by atoms with Gasteiger partial charge in [0.2, 0.25) is 0 Å². The lowest BCUT2D eigenvalue weighted by Gasteiger charge is -2.11. The quantitative estimate of drug-likeness (QED) is 0.624. The van der Waals surface area contributed by atoms with Crippen LogP contribution in [0.15, 0.2) is 36.4 Å². The van der Waals surface area contributed by atoms with Crippen LogP contribution in [-0.2, 0) is 19.1 Å². The lowest BCUT2D eigenvalue weighted by Crippen LogP contribution is -2.31. The van der Waals surface area contributed by atoms with Crippen LogP contribution >= 0.6 is 0 Å². The van der Waals surface area contributed by atoms with Gasteiger partial charge in [0.05, 0.1) is 14.2 Å². The van der Waals surface area contributed by atoms with E-state index < -0.39 is 17.4 Å². The molecule has 0 heterocycles. The highest BCUT2D eigenvalue weighted by Gasteiger charge is 2.73. The van der Waals surface area contributed by atoms with E-state index in [0.29, 0.717) is 0 Å². The van der Waals surface area contributed by atoms with E-state index in [1.165, 1.54) is 14.2 Å². The molecule has 0 amide bonds. The monoisotopic (exact) mass is 274 g/mol. The van der Waals surface area contributed by atoms with E-state index in [2.05, 4.69) is 0 Å². The molecule has 0 radical (unpaired) electrons. The molecule has 0 N–H and O–H groups in total. The van der Waals surface area contributed by atoms with Crippen molar-refractivity contribution in [2.75, 3.05) is 14.2 Å². The van der Waals surface area contributed by atoms with Crippen molar-refractivity contribution in [1.29, 1.82) is 0 Å². The number of carbonyl (C=O) groups is 2. The molecule has 0 spiro atoms. The van der Waals surface area contributed by atoms with E-state index in [4.69, 9.17) is 9.47 Å². The first kappa shape index (κ1) is 14.3. The second-order valence-corrected chi connectivity index (χ2v) is 4.94. The zero-order chi connectivity index (χ0) is 14.8. The molecule has 4 heteroatoms. The largest absolute Gasteiger partial charge is 0.468 e. The summed E-state index contributed by atoms with van der Waals surface area (Å²) in [5, 5.41) is 0. The van der Waals surface area contributed by atoms with Gasteiger partial charge in [-0.25, -0.2) is 0 Å². The molecule has 106 valence electrons. The summed E-state index contributed by atoms with van der Waals surface area (Å²) < 4.78 is 9.56. The van der Waals surface area contributed by atoms with Gasteiger partial charge in [0.25, 0.3) is 0 Å². The summed E-state index contributed by atoms with van der Waals surface area (Å²) in [4.78, 5) is 23.9. The van der Waals surface area contributed by atoms with Crippen LogP contribution in [0.1, 0.15) is 12.5 Å². The first-order valence-electron chi connectivity index (χ1n) is 6.49. The van der Waals surface area contributed by atoms with E-state index in [0.717, 1.165) is 5.56 Å². The standard InChI is InChI=1S/C16H18O4/c1-11-13(10-9-12-7-5-4-6-8-12)16(11,14(17)19-2)15(18)20-3/h4-11,13H,1-3H3/b10-9+/t11-,13+/m0/s1. The number of benzene rings is 1. The highest BCUT2D eigenvalue weighted by Crippen LogP contribution is 2.61. The molecule has 20 heavy (non-hydrogen) atoms. The Morgan fingerprint density at radius 1 is 1.10 bits per heavy atom. The third-order valence-corrected chi connectivity index (χ3v) is 4.02. The van der Waals surface area contributed by atoms with Crippen molar-refractivity contribution in [3.05, 3.63) is 42.0 Å². The van der Waals surface area contributed by atoms with E-state index >= 15 is 0 Å². The van der Waals surface area contributed by atoms with E-state index in [-0.39, 0.29) is 11.8 Å². The Kier molecular flexibility index (Phi) is 3.93. The number of methoxy groups -OCH3 is 2. The number of hydrogen-bond acceptors (Lipinski definition) is 4. The fraction of sp³-hybridized carbons (Fsp3) is 0.375. The van der Waals surface area contributed by atoms with Gasteiger partial charge in [-0.1, -0.05) is 49.4 Å². The molecule has 2 atom stereocenters. The second-order valence-electron chi connectivity index (χ2n) is 4.94. The summed E-state index contributed by atoms with van der Waals surface area (Å²) in [6, 6.07) is 9.72. The fourth-order valence-corrected chi connectivity index (χ4v) is 2.76. The molecule has 2 rings (SSSR count). The number of allylic oxidation sites excluding steroid dienone is 1. The van der Waals surface area contributed by atoms with Crippen molar-refractivity contribution in [3.63, 3.8) is 0 Å². The van der Waals surface area contributed by atoms with Crippen molar-refractivity contribution >= 4 is 18.0 Å².